The molecule has 1 aliphatic rings. The van der Waals surface area contributed by atoms with E-state index in [-0.39, 0.29) is 5.91 Å². The third-order valence-electron chi connectivity index (χ3n) is 5.00. The highest BCUT2D eigenvalue weighted by molar-refractivity contribution is 6.32. The second kappa shape index (κ2) is 8.59. The van der Waals surface area contributed by atoms with E-state index in [0.29, 0.717) is 22.9 Å². The van der Waals surface area contributed by atoms with Gasteiger partial charge in [0.05, 0.1) is 16.4 Å². The van der Waals surface area contributed by atoms with Crippen LogP contribution in [0, 0.1) is 0 Å². The molecule has 3 aromatic rings. The molecule has 1 saturated heterocycles. The Bertz CT molecular complexity index is 948. The van der Waals surface area contributed by atoms with Crippen molar-refractivity contribution in [2.45, 2.75) is 12.8 Å². The van der Waals surface area contributed by atoms with Crippen LogP contribution in [0.25, 0.3) is 16.9 Å². The number of amides is 1. The van der Waals surface area contributed by atoms with Gasteiger partial charge in [-0.15, -0.1) is 0 Å². The van der Waals surface area contributed by atoms with Crippen LogP contribution in [0.2, 0.25) is 5.02 Å². The molecule has 28 heavy (non-hydrogen) atoms. The van der Waals surface area contributed by atoms with E-state index in [4.69, 9.17) is 11.6 Å². The average molecular weight is 395 g/mol. The van der Waals surface area contributed by atoms with Crippen molar-refractivity contribution in [2.75, 3.05) is 26.2 Å². The van der Waals surface area contributed by atoms with Crippen LogP contribution in [-0.2, 0) is 0 Å². The zero-order chi connectivity index (χ0) is 19.3. The molecule has 1 aromatic heterocycles. The second-order valence-corrected chi connectivity index (χ2v) is 7.36. The minimum atomic E-state index is -0.145. The van der Waals surface area contributed by atoms with Crippen molar-refractivity contribution in [2.24, 2.45) is 0 Å². The van der Waals surface area contributed by atoms with Crippen molar-refractivity contribution < 1.29 is 4.79 Å². The Hall–Kier alpha value is -2.63. The molecule has 0 saturated carbocycles. The summed E-state index contributed by atoms with van der Waals surface area (Å²) in [7, 11) is 0. The highest BCUT2D eigenvalue weighted by atomic mass is 35.5. The lowest BCUT2D eigenvalue weighted by atomic mass is 10.1. The van der Waals surface area contributed by atoms with Gasteiger partial charge in [-0.25, -0.2) is 4.68 Å². The predicted octanol–water partition coefficient (Wildman–Crippen LogP) is 4.02. The van der Waals surface area contributed by atoms with Gasteiger partial charge < -0.3 is 10.2 Å². The minimum absolute atomic E-state index is 0.145. The molecular weight excluding hydrogens is 372 g/mol. The molecule has 1 N–H and O–H groups in total. The molecule has 1 amide bonds. The Kier molecular flexibility index (Phi) is 5.74. The zero-order valence-electron chi connectivity index (χ0n) is 15.6. The Morgan fingerprint density at radius 2 is 1.75 bits per heavy atom. The number of hydrogen-bond acceptors (Lipinski definition) is 3. The number of halogens is 1. The number of benzene rings is 2. The quantitative estimate of drug-likeness (QED) is 0.687. The van der Waals surface area contributed by atoms with E-state index in [0.717, 1.165) is 30.9 Å². The molecule has 4 rings (SSSR count). The normalized spacial score (nSPS) is 14.3. The molecule has 0 bridgehead atoms. The van der Waals surface area contributed by atoms with Crippen LogP contribution in [-0.4, -0.2) is 46.8 Å². The molecule has 0 spiro atoms. The van der Waals surface area contributed by atoms with Crippen molar-refractivity contribution >= 4 is 17.5 Å². The van der Waals surface area contributed by atoms with Gasteiger partial charge in [-0.3, -0.25) is 4.79 Å². The third-order valence-corrected chi connectivity index (χ3v) is 5.32. The van der Waals surface area contributed by atoms with Gasteiger partial charge in [0.2, 0.25) is 0 Å². The lowest BCUT2D eigenvalue weighted by Crippen LogP contribution is -2.34. The second-order valence-electron chi connectivity index (χ2n) is 6.95. The summed E-state index contributed by atoms with van der Waals surface area (Å²) in [6.45, 7) is 3.72. The third kappa shape index (κ3) is 4.11. The molecule has 0 radical (unpaired) electrons. The first kappa shape index (κ1) is 18.7. The Balaban J connectivity index is 1.61. The van der Waals surface area contributed by atoms with E-state index in [2.05, 4.69) is 15.3 Å². The average Bonchev–Trinajstić information content (AvgIpc) is 3.39. The number of nitrogens with one attached hydrogen (secondary N) is 1. The molecule has 0 unspecified atom stereocenters. The van der Waals surface area contributed by atoms with E-state index in [1.807, 2.05) is 54.6 Å². The predicted molar refractivity (Wildman–Crippen MR) is 112 cm³/mol. The van der Waals surface area contributed by atoms with Gasteiger partial charge in [-0.1, -0.05) is 54.1 Å². The van der Waals surface area contributed by atoms with E-state index in [1.165, 1.54) is 12.8 Å². The van der Waals surface area contributed by atoms with Gasteiger partial charge in [0.1, 0.15) is 5.69 Å². The molecule has 2 heterocycles. The maximum Gasteiger partial charge on any atom is 0.270 e. The zero-order valence-corrected chi connectivity index (χ0v) is 16.4. The number of hydrogen-bond donors (Lipinski definition) is 1. The van der Waals surface area contributed by atoms with E-state index in [1.54, 1.807) is 10.7 Å². The first-order valence-electron chi connectivity index (χ1n) is 9.63. The Morgan fingerprint density at radius 1 is 1.04 bits per heavy atom. The maximum absolute atomic E-state index is 12.9. The highest BCUT2D eigenvalue weighted by Gasteiger charge is 2.19. The summed E-state index contributed by atoms with van der Waals surface area (Å²) in [6.07, 6.45) is 2.49. The molecular formula is C22H23ClN4O. The van der Waals surface area contributed by atoms with Crippen LogP contribution in [0.3, 0.4) is 0 Å². The number of nitrogens with zero attached hydrogens (tertiary/aromatic N) is 3. The van der Waals surface area contributed by atoms with Gasteiger partial charge in [-0.05, 0) is 44.1 Å². The molecule has 1 aliphatic heterocycles. The van der Waals surface area contributed by atoms with Crippen molar-refractivity contribution in [3.63, 3.8) is 0 Å². The molecule has 6 heteroatoms. The molecule has 5 nitrogen and oxygen atoms in total. The van der Waals surface area contributed by atoms with Gasteiger partial charge in [0.15, 0.2) is 0 Å². The monoisotopic (exact) mass is 394 g/mol. The van der Waals surface area contributed by atoms with E-state index < -0.39 is 0 Å². The standard InChI is InChI=1S/C22H23ClN4O/c23-18-10-4-5-11-20(18)27-21(16-19(25-27)17-8-2-1-3-9-17)22(28)24-12-15-26-13-6-7-14-26/h1-5,8-11,16H,6-7,12-15H2,(H,24,28). The number of aromatic nitrogens is 2. The number of rotatable bonds is 6. The fourth-order valence-electron chi connectivity index (χ4n) is 3.52. The molecule has 1 fully saturated rings. The van der Waals surface area contributed by atoms with Crippen LogP contribution < -0.4 is 5.32 Å². The topological polar surface area (TPSA) is 50.2 Å². The van der Waals surface area contributed by atoms with Crippen molar-refractivity contribution in [1.29, 1.82) is 0 Å². The Morgan fingerprint density at radius 3 is 2.50 bits per heavy atom. The van der Waals surface area contributed by atoms with Crippen LogP contribution in [0.15, 0.2) is 60.7 Å². The van der Waals surface area contributed by atoms with Crippen LogP contribution in [0.1, 0.15) is 23.3 Å². The largest absolute Gasteiger partial charge is 0.349 e. The Labute approximate surface area is 169 Å². The summed E-state index contributed by atoms with van der Waals surface area (Å²) in [5.74, 6) is -0.145. The highest BCUT2D eigenvalue weighted by Crippen LogP contribution is 2.25. The molecule has 0 aliphatic carbocycles. The summed E-state index contributed by atoms with van der Waals surface area (Å²) < 4.78 is 1.63. The smallest absolute Gasteiger partial charge is 0.270 e. The fraction of sp³-hybridized carbons (Fsp3) is 0.273. The summed E-state index contributed by atoms with van der Waals surface area (Å²) in [5, 5.41) is 8.27. The van der Waals surface area contributed by atoms with Gasteiger partial charge >= 0.3 is 0 Å². The van der Waals surface area contributed by atoms with Crippen molar-refractivity contribution in [3.05, 3.63) is 71.4 Å². The van der Waals surface area contributed by atoms with Gasteiger partial charge in [0, 0.05) is 18.7 Å². The number of carbonyl (C=O) groups excluding carboxylic acids is 1. The molecule has 2 aromatic carbocycles. The van der Waals surface area contributed by atoms with Gasteiger partial charge in [0.25, 0.3) is 5.91 Å². The first-order chi connectivity index (χ1) is 13.7. The van der Waals surface area contributed by atoms with Crippen LogP contribution >= 0.6 is 11.6 Å². The maximum atomic E-state index is 12.9. The van der Waals surface area contributed by atoms with Gasteiger partial charge in [-0.2, -0.15) is 5.10 Å². The summed E-state index contributed by atoms with van der Waals surface area (Å²) in [6, 6.07) is 19.1. The SMILES string of the molecule is O=C(NCCN1CCCC1)c1cc(-c2ccccc2)nn1-c1ccccc1Cl. The van der Waals surface area contributed by atoms with Crippen LogP contribution in [0.5, 0.6) is 0 Å². The number of likely N-dealkylation sites (tertiary alicyclic amines) is 1. The van der Waals surface area contributed by atoms with Crippen molar-refractivity contribution in [1.82, 2.24) is 20.0 Å². The lowest BCUT2D eigenvalue weighted by molar-refractivity contribution is 0.0942. The minimum Gasteiger partial charge on any atom is -0.349 e. The van der Waals surface area contributed by atoms with Crippen molar-refractivity contribution in [3.8, 4) is 16.9 Å². The molecule has 144 valence electrons. The summed E-state index contributed by atoms with van der Waals surface area (Å²) >= 11 is 6.38. The number of carbonyl (C=O) groups is 1. The van der Waals surface area contributed by atoms with E-state index in [9.17, 15) is 4.79 Å². The summed E-state index contributed by atoms with van der Waals surface area (Å²) in [5.41, 5.74) is 2.87. The summed E-state index contributed by atoms with van der Waals surface area (Å²) in [4.78, 5) is 15.3. The fourth-order valence-corrected chi connectivity index (χ4v) is 3.74. The first-order valence-corrected chi connectivity index (χ1v) is 10.0. The van der Waals surface area contributed by atoms with E-state index >= 15 is 0 Å². The number of para-hydroxylation sites is 1. The van der Waals surface area contributed by atoms with Crippen LogP contribution in [0.4, 0.5) is 0 Å². The lowest BCUT2D eigenvalue weighted by Gasteiger charge is -2.15. The molecule has 0 atom stereocenters.